The maximum atomic E-state index is 14.4. The molecule has 0 aliphatic carbocycles. The summed E-state index contributed by atoms with van der Waals surface area (Å²) < 4.78 is 42.6. The number of nitro groups is 1. The van der Waals surface area contributed by atoms with Gasteiger partial charge in [0.15, 0.2) is 0 Å². The fraction of sp³-hybridized carbons (Fsp3) is 0.235. The van der Waals surface area contributed by atoms with E-state index in [9.17, 15) is 32.5 Å². The van der Waals surface area contributed by atoms with E-state index in [1.54, 1.807) is 6.07 Å². The number of rotatable bonds is 15. The van der Waals surface area contributed by atoms with E-state index in [0.717, 1.165) is 22.4 Å². The summed E-state index contributed by atoms with van der Waals surface area (Å²) >= 11 is 0. The molecule has 12 heteroatoms. The molecule has 0 spiro atoms. The molecule has 46 heavy (non-hydrogen) atoms. The summed E-state index contributed by atoms with van der Waals surface area (Å²) in [6.45, 7) is 1.45. The minimum atomic E-state index is -4.41. The normalized spacial score (nSPS) is 11.8. The van der Waals surface area contributed by atoms with Crippen LogP contribution >= 0.6 is 0 Å². The number of nitrogens with zero attached hydrogens (tertiary/aromatic N) is 3. The Labute approximate surface area is 267 Å². The molecule has 4 aromatic rings. The first-order chi connectivity index (χ1) is 22.1. The minimum Gasteiger partial charge on any atom is -0.354 e. The van der Waals surface area contributed by atoms with Gasteiger partial charge in [-0.15, -0.1) is 0 Å². The Kier molecular flexibility index (Phi) is 11.6. The lowest BCUT2D eigenvalue weighted by atomic mass is 10.0. The summed E-state index contributed by atoms with van der Waals surface area (Å²) in [4.78, 5) is 40.2. The Morgan fingerprint density at radius 3 is 2.17 bits per heavy atom. The number of benzene rings is 4. The van der Waals surface area contributed by atoms with Crippen LogP contribution in [0.15, 0.2) is 114 Å². The molecule has 0 heterocycles. The SMILES string of the molecule is CCCCNC(=O)C(Cc1ccccc1)N(Cc1ccc(F)cc1)C(=O)CN(c1cccc([N+](=O)[O-])c1)S(=O)(=O)c1ccccc1. The third-order valence-electron chi connectivity index (χ3n) is 7.31. The molecule has 0 fully saturated rings. The maximum absolute atomic E-state index is 14.4. The molecule has 1 atom stereocenters. The molecule has 1 unspecified atom stereocenters. The molecule has 0 saturated heterocycles. The number of hydrogen-bond acceptors (Lipinski definition) is 6. The number of nitrogens with one attached hydrogen (secondary N) is 1. The molecule has 0 saturated carbocycles. The van der Waals surface area contributed by atoms with Crippen molar-refractivity contribution in [3.05, 3.63) is 136 Å². The molecule has 0 radical (unpaired) electrons. The molecule has 10 nitrogen and oxygen atoms in total. The number of unbranched alkanes of at least 4 members (excludes halogenated alkanes) is 1. The van der Waals surface area contributed by atoms with Crippen LogP contribution in [-0.4, -0.2) is 49.2 Å². The van der Waals surface area contributed by atoms with Crippen LogP contribution in [0.5, 0.6) is 0 Å². The van der Waals surface area contributed by atoms with E-state index in [2.05, 4.69) is 5.32 Å². The quantitative estimate of drug-likeness (QED) is 0.103. The van der Waals surface area contributed by atoms with Crippen molar-refractivity contribution in [2.45, 2.75) is 43.7 Å². The Balaban J connectivity index is 1.81. The van der Waals surface area contributed by atoms with Crippen LogP contribution < -0.4 is 9.62 Å². The van der Waals surface area contributed by atoms with Gasteiger partial charge in [-0.3, -0.25) is 24.0 Å². The van der Waals surface area contributed by atoms with Gasteiger partial charge in [0.2, 0.25) is 11.8 Å². The number of carbonyl (C=O) groups is 2. The predicted octanol–water partition coefficient (Wildman–Crippen LogP) is 5.49. The zero-order chi connectivity index (χ0) is 33.1. The van der Waals surface area contributed by atoms with Crippen molar-refractivity contribution >= 4 is 33.2 Å². The van der Waals surface area contributed by atoms with Crippen molar-refractivity contribution in [3.8, 4) is 0 Å². The summed E-state index contributed by atoms with van der Waals surface area (Å²) in [6.07, 6.45) is 1.66. The lowest BCUT2D eigenvalue weighted by Gasteiger charge is -2.34. The van der Waals surface area contributed by atoms with Gasteiger partial charge in [0.05, 0.1) is 15.5 Å². The molecule has 0 bridgehead atoms. The average molecular weight is 647 g/mol. The number of non-ortho nitro benzene ring substituents is 1. The second-order valence-corrected chi connectivity index (χ2v) is 12.5. The topological polar surface area (TPSA) is 130 Å². The molecule has 4 rings (SSSR count). The highest BCUT2D eigenvalue weighted by Gasteiger charge is 2.35. The van der Waals surface area contributed by atoms with Gasteiger partial charge in [0.1, 0.15) is 18.4 Å². The van der Waals surface area contributed by atoms with Gasteiger partial charge >= 0.3 is 0 Å². The van der Waals surface area contributed by atoms with Crippen molar-refractivity contribution in [2.24, 2.45) is 0 Å². The Hall–Kier alpha value is -5.10. The number of carbonyl (C=O) groups excluding carboxylic acids is 2. The Morgan fingerprint density at radius 1 is 0.891 bits per heavy atom. The molecular weight excluding hydrogens is 611 g/mol. The summed E-state index contributed by atoms with van der Waals surface area (Å²) in [5.74, 6) is -1.65. The molecule has 2 amide bonds. The molecule has 0 aromatic heterocycles. The van der Waals surface area contributed by atoms with Crippen LogP contribution in [0.3, 0.4) is 0 Å². The molecule has 0 aliphatic rings. The van der Waals surface area contributed by atoms with Gasteiger partial charge in [0, 0.05) is 31.6 Å². The third-order valence-corrected chi connectivity index (χ3v) is 9.09. The van der Waals surface area contributed by atoms with Crippen LogP contribution in [0.25, 0.3) is 0 Å². The summed E-state index contributed by atoms with van der Waals surface area (Å²) in [7, 11) is -4.41. The Bertz CT molecular complexity index is 1740. The third kappa shape index (κ3) is 8.75. The van der Waals surface area contributed by atoms with Crippen LogP contribution in [0.1, 0.15) is 30.9 Å². The molecule has 240 valence electrons. The lowest BCUT2D eigenvalue weighted by molar-refractivity contribution is -0.384. The standard InChI is InChI=1S/C34H35FN4O6S/c1-2-3-21-36-34(41)32(22-26-11-6-4-7-12-26)37(24-27-17-19-28(35)20-18-27)33(40)25-38(29-13-10-14-30(23-29)39(42)43)46(44,45)31-15-8-5-9-16-31/h4-20,23,32H,2-3,21-22,24-25H2,1H3,(H,36,41). The van der Waals surface area contributed by atoms with E-state index in [0.29, 0.717) is 18.5 Å². The summed E-state index contributed by atoms with van der Waals surface area (Å²) in [5.41, 5.74) is 0.822. The number of halogens is 1. The van der Waals surface area contributed by atoms with Gasteiger partial charge in [-0.1, -0.05) is 80.1 Å². The monoisotopic (exact) mass is 646 g/mol. The van der Waals surface area contributed by atoms with E-state index in [1.165, 1.54) is 71.6 Å². The summed E-state index contributed by atoms with van der Waals surface area (Å²) in [6, 6.07) is 25.9. The van der Waals surface area contributed by atoms with E-state index in [1.807, 2.05) is 37.3 Å². The van der Waals surface area contributed by atoms with Gasteiger partial charge in [-0.05, 0) is 47.9 Å². The van der Waals surface area contributed by atoms with Crippen molar-refractivity contribution in [2.75, 3.05) is 17.4 Å². The van der Waals surface area contributed by atoms with Gasteiger partial charge in [-0.2, -0.15) is 0 Å². The number of amides is 2. The fourth-order valence-corrected chi connectivity index (χ4v) is 6.28. The van der Waals surface area contributed by atoms with Gasteiger partial charge in [0.25, 0.3) is 15.7 Å². The Morgan fingerprint density at radius 2 is 1.54 bits per heavy atom. The first-order valence-corrected chi connectivity index (χ1v) is 16.2. The van der Waals surface area contributed by atoms with Crippen molar-refractivity contribution in [3.63, 3.8) is 0 Å². The molecule has 0 aliphatic heterocycles. The van der Waals surface area contributed by atoms with Crippen LogP contribution in [0.4, 0.5) is 15.8 Å². The lowest BCUT2D eigenvalue weighted by Crippen LogP contribution is -2.53. The second-order valence-electron chi connectivity index (χ2n) is 10.6. The van der Waals surface area contributed by atoms with E-state index in [4.69, 9.17) is 0 Å². The first kappa shape index (κ1) is 33.8. The fourth-order valence-electron chi connectivity index (χ4n) is 4.86. The minimum absolute atomic E-state index is 0.0971. The van der Waals surface area contributed by atoms with E-state index >= 15 is 0 Å². The van der Waals surface area contributed by atoms with Gasteiger partial charge in [-0.25, -0.2) is 12.8 Å². The predicted molar refractivity (Wildman–Crippen MR) is 173 cm³/mol. The number of anilines is 1. The summed E-state index contributed by atoms with van der Waals surface area (Å²) in [5, 5.41) is 14.5. The van der Waals surface area contributed by atoms with Crippen LogP contribution in [-0.2, 0) is 32.6 Å². The highest BCUT2D eigenvalue weighted by molar-refractivity contribution is 7.92. The van der Waals surface area contributed by atoms with Crippen molar-refractivity contribution in [1.82, 2.24) is 10.2 Å². The highest BCUT2D eigenvalue weighted by atomic mass is 32.2. The van der Waals surface area contributed by atoms with E-state index < -0.39 is 45.2 Å². The van der Waals surface area contributed by atoms with Gasteiger partial charge < -0.3 is 10.2 Å². The van der Waals surface area contributed by atoms with Crippen LogP contribution in [0, 0.1) is 15.9 Å². The van der Waals surface area contributed by atoms with Crippen molar-refractivity contribution < 1.29 is 27.3 Å². The van der Waals surface area contributed by atoms with Crippen LogP contribution in [0.2, 0.25) is 0 Å². The first-order valence-electron chi connectivity index (χ1n) is 14.8. The zero-order valence-electron chi connectivity index (χ0n) is 25.3. The molecule has 1 N–H and O–H groups in total. The highest BCUT2D eigenvalue weighted by Crippen LogP contribution is 2.28. The van der Waals surface area contributed by atoms with Crippen molar-refractivity contribution in [1.29, 1.82) is 0 Å². The average Bonchev–Trinajstić information content (AvgIpc) is 3.06. The number of nitro benzene ring substituents is 1. The van der Waals surface area contributed by atoms with E-state index in [-0.39, 0.29) is 29.2 Å². The molecular formula is C34H35FN4O6S. The maximum Gasteiger partial charge on any atom is 0.271 e. The largest absolute Gasteiger partial charge is 0.354 e. The molecule has 4 aromatic carbocycles. The number of sulfonamides is 1. The smallest absolute Gasteiger partial charge is 0.271 e. The number of hydrogen-bond donors (Lipinski definition) is 1. The second kappa shape index (κ2) is 15.8. The zero-order valence-corrected chi connectivity index (χ0v) is 26.1.